The molecule has 4 nitrogen and oxygen atoms in total. The molecule has 0 fully saturated rings. The minimum atomic E-state index is -0.345. The Hall–Kier alpha value is -2.49. The Morgan fingerprint density at radius 3 is 2.45 bits per heavy atom. The Bertz CT molecular complexity index is 570. The first-order valence-electron chi connectivity index (χ1n) is 6.45. The Labute approximate surface area is 118 Å². The van der Waals surface area contributed by atoms with Crippen LogP contribution in [0.3, 0.4) is 0 Å². The molecule has 0 saturated carbocycles. The van der Waals surface area contributed by atoms with Crippen LogP contribution in [0.2, 0.25) is 0 Å². The van der Waals surface area contributed by atoms with Crippen LogP contribution in [-0.4, -0.2) is 19.1 Å². The number of hydrogen-bond acceptors (Lipinski definition) is 3. The normalized spacial score (nSPS) is 11.5. The first kappa shape index (κ1) is 13.9. The Kier molecular flexibility index (Phi) is 4.60. The summed E-state index contributed by atoms with van der Waals surface area (Å²) < 4.78 is 5.15. The topological polar surface area (TPSA) is 50.4 Å². The van der Waals surface area contributed by atoms with Crippen molar-refractivity contribution in [2.75, 3.05) is 17.7 Å². The molecule has 2 aromatic carbocycles. The van der Waals surface area contributed by atoms with E-state index in [-0.39, 0.29) is 11.9 Å². The first-order chi connectivity index (χ1) is 9.69. The minimum Gasteiger partial charge on any atom is -0.497 e. The molecule has 1 amide bonds. The van der Waals surface area contributed by atoms with Gasteiger partial charge in [0.05, 0.1) is 7.11 Å². The highest BCUT2D eigenvalue weighted by Crippen LogP contribution is 2.17. The maximum atomic E-state index is 12.1. The van der Waals surface area contributed by atoms with Crippen LogP contribution in [0.1, 0.15) is 6.92 Å². The lowest BCUT2D eigenvalue weighted by Crippen LogP contribution is -2.31. The molecule has 0 aliphatic carbocycles. The molecule has 20 heavy (non-hydrogen) atoms. The second-order valence-electron chi connectivity index (χ2n) is 4.45. The van der Waals surface area contributed by atoms with Crippen LogP contribution in [0.25, 0.3) is 0 Å². The van der Waals surface area contributed by atoms with Crippen molar-refractivity contribution in [1.82, 2.24) is 0 Å². The van der Waals surface area contributed by atoms with Crippen LogP contribution in [0.5, 0.6) is 5.75 Å². The van der Waals surface area contributed by atoms with E-state index < -0.39 is 0 Å². The second kappa shape index (κ2) is 6.61. The molecule has 0 bridgehead atoms. The van der Waals surface area contributed by atoms with Crippen molar-refractivity contribution in [1.29, 1.82) is 0 Å². The number of carbonyl (C=O) groups excluding carboxylic acids is 1. The molecule has 0 aliphatic heterocycles. The average molecular weight is 270 g/mol. The highest BCUT2D eigenvalue weighted by molar-refractivity contribution is 5.96. The molecule has 0 aromatic heterocycles. The van der Waals surface area contributed by atoms with Gasteiger partial charge in [0.2, 0.25) is 5.91 Å². The largest absolute Gasteiger partial charge is 0.497 e. The van der Waals surface area contributed by atoms with Gasteiger partial charge in [0, 0.05) is 17.4 Å². The highest BCUT2D eigenvalue weighted by Gasteiger charge is 2.12. The zero-order valence-electron chi connectivity index (χ0n) is 11.6. The summed E-state index contributed by atoms with van der Waals surface area (Å²) in [5, 5.41) is 6.00. The quantitative estimate of drug-likeness (QED) is 0.877. The fraction of sp³-hybridized carbons (Fsp3) is 0.188. The van der Waals surface area contributed by atoms with E-state index in [2.05, 4.69) is 10.6 Å². The summed E-state index contributed by atoms with van der Waals surface area (Å²) in [7, 11) is 1.62. The van der Waals surface area contributed by atoms with E-state index in [1.165, 1.54) is 0 Å². The van der Waals surface area contributed by atoms with Crippen molar-refractivity contribution in [2.45, 2.75) is 13.0 Å². The lowest BCUT2D eigenvalue weighted by atomic mass is 10.2. The van der Waals surface area contributed by atoms with E-state index in [9.17, 15) is 4.79 Å². The maximum absolute atomic E-state index is 12.1. The lowest BCUT2D eigenvalue weighted by molar-refractivity contribution is -0.116. The molecule has 0 saturated heterocycles. The van der Waals surface area contributed by atoms with E-state index >= 15 is 0 Å². The third-order valence-corrected chi connectivity index (χ3v) is 2.89. The predicted molar refractivity (Wildman–Crippen MR) is 81.2 cm³/mol. The molecule has 4 heteroatoms. The van der Waals surface area contributed by atoms with Gasteiger partial charge in [-0.1, -0.05) is 24.3 Å². The maximum Gasteiger partial charge on any atom is 0.246 e. The number of carbonyl (C=O) groups is 1. The van der Waals surface area contributed by atoms with Gasteiger partial charge in [0.1, 0.15) is 11.8 Å². The number of rotatable bonds is 5. The van der Waals surface area contributed by atoms with Gasteiger partial charge in [-0.25, -0.2) is 0 Å². The van der Waals surface area contributed by atoms with Crippen molar-refractivity contribution in [3.05, 3.63) is 54.6 Å². The van der Waals surface area contributed by atoms with E-state index in [0.29, 0.717) is 0 Å². The van der Waals surface area contributed by atoms with Crippen LogP contribution >= 0.6 is 0 Å². The van der Waals surface area contributed by atoms with Crippen LogP contribution in [0.15, 0.2) is 54.6 Å². The van der Waals surface area contributed by atoms with Crippen molar-refractivity contribution >= 4 is 17.3 Å². The molecule has 104 valence electrons. The number of methoxy groups -OCH3 is 1. The van der Waals surface area contributed by atoms with E-state index in [0.717, 1.165) is 17.1 Å². The number of amides is 1. The van der Waals surface area contributed by atoms with Gasteiger partial charge in [0.15, 0.2) is 0 Å². The van der Waals surface area contributed by atoms with Crippen LogP contribution in [0, 0.1) is 0 Å². The summed E-state index contributed by atoms with van der Waals surface area (Å²) >= 11 is 0. The predicted octanol–water partition coefficient (Wildman–Crippen LogP) is 3.13. The summed E-state index contributed by atoms with van der Waals surface area (Å²) in [6.45, 7) is 1.82. The van der Waals surface area contributed by atoms with Crippen molar-refractivity contribution < 1.29 is 9.53 Å². The van der Waals surface area contributed by atoms with Crippen molar-refractivity contribution in [3.8, 4) is 5.75 Å². The summed E-state index contributed by atoms with van der Waals surface area (Å²) in [5.74, 6) is 0.671. The van der Waals surface area contributed by atoms with Crippen molar-refractivity contribution in [2.24, 2.45) is 0 Å². The monoisotopic (exact) mass is 270 g/mol. The third kappa shape index (κ3) is 3.75. The van der Waals surface area contributed by atoms with Crippen LogP contribution in [-0.2, 0) is 4.79 Å². The number of hydrogen-bond donors (Lipinski definition) is 2. The Morgan fingerprint density at radius 2 is 1.75 bits per heavy atom. The lowest BCUT2D eigenvalue weighted by Gasteiger charge is -2.15. The first-order valence-corrected chi connectivity index (χ1v) is 6.45. The summed E-state index contributed by atoms with van der Waals surface area (Å²) in [4.78, 5) is 12.1. The van der Waals surface area contributed by atoms with E-state index in [1.807, 2.05) is 61.5 Å². The van der Waals surface area contributed by atoms with Gasteiger partial charge < -0.3 is 15.4 Å². The fourth-order valence-corrected chi connectivity index (χ4v) is 1.80. The fourth-order valence-electron chi connectivity index (χ4n) is 1.80. The van der Waals surface area contributed by atoms with Crippen LogP contribution < -0.4 is 15.4 Å². The molecule has 1 atom stereocenters. The average Bonchev–Trinajstić information content (AvgIpc) is 2.48. The zero-order chi connectivity index (χ0) is 14.4. The van der Waals surface area contributed by atoms with Gasteiger partial charge in [-0.2, -0.15) is 0 Å². The SMILES string of the molecule is COc1cccc(NC(C)C(=O)Nc2ccccc2)c1. The van der Waals surface area contributed by atoms with Gasteiger partial charge in [-0.15, -0.1) is 0 Å². The molecule has 0 radical (unpaired) electrons. The highest BCUT2D eigenvalue weighted by atomic mass is 16.5. The molecule has 2 rings (SSSR count). The summed E-state index contributed by atoms with van der Waals surface area (Å²) in [5.41, 5.74) is 1.64. The van der Waals surface area contributed by atoms with Gasteiger partial charge >= 0.3 is 0 Å². The summed E-state index contributed by atoms with van der Waals surface area (Å²) in [6.07, 6.45) is 0. The van der Waals surface area contributed by atoms with E-state index in [1.54, 1.807) is 7.11 Å². The third-order valence-electron chi connectivity index (χ3n) is 2.89. The molecule has 2 aromatic rings. The summed E-state index contributed by atoms with van der Waals surface area (Å²) in [6, 6.07) is 16.5. The molecular formula is C16H18N2O2. The zero-order valence-corrected chi connectivity index (χ0v) is 11.6. The molecule has 2 N–H and O–H groups in total. The molecule has 0 spiro atoms. The smallest absolute Gasteiger partial charge is 0.246 e. The van der Waals surface area contributed by atoms with Gasteiger partial charge in [-0.3, -0.25) is 4.79 Å². The van der Waals surface area contributed by atoms with Gasteiger partial charge in [0.25, 0.3) is 0 Å². The van der Waals surface area contributed by atoms with E-state index in [4.69, 9.17) is 4.74 Å². The number of nitrogens with one attached hydrogen (secondary N) is 2. The minimum absolute atomic E-state index is 0.0842. The standard InChI is InChI=1S/C16H18N2O2/c1-12(16(19)18-13-7-4-3-5-8-13)17-14-9-6-10-15(11-14)20-2/h3-12,17H,1-2H3,(H,18,19). The van der Waals surface area contributed by atoms with Crippen LogP contribution in [0.4, 0.5) is 11.4 Å². The Balaban J connectivity index is 1.97. The number of ether oxygens (including phenoxy) is 1. The number of anilines is 2. The second-order valence-corrected chi connectivity index (χ2v) is 4.45. The number of para-hydroxylation sites is 1. The number of benzene rings is 2. The Morgan fingerprint density at radius 1 is 1.05 bits per heavy atom. The molecule has 0 aliphatic rings. The molecule has 0 heterocycles. The molecule has 1 unspecified atom stereocenters. The van der Waals surface area contributed by atoms with Gasteiger partial charge in [-0.05, 0) is 31.2 Å². The van der Waals surface area contributed by atoms with Crippen molar-refractivity contribution in [3.63, 3.8) is 0 Å². The molecular weight excluding hydrogens is 252 g/mol.